The second-order valence-electron chi connectivity index (χ2n) is 9.01. The van der Waals surface area contributed by atoms with Gasteiger partial charge in [0, 0.05) is 29.7 Å². The van der Waals surface area contributed by atoms with Crippen molar-refractivity contribution >= 4 is 11.5 Å². The summed E-state index contributed by atoms with van der Waals surface area (Å²) >= 11 is 0. The molecule has 1 unspecified atom stereocenters. The van der Waals surface area contributed by atoms with Crippen molar-refractivity contribution in [1.29, 1.82) is 0 Å². The van der Waals surface area contributed by atoms with Gasteiger partial charge in [0.15, 0.2) is 13.2 Å². The van der Waals surface area contributed by atoms with Crippen LogP contribution in [0, 0.1) is 12.7 Å². The summed E-state index contributed by atoms with van der Waals surface area (Å²) in [5, 5.41) is 6.87. The lowest BCUT2D eigenvalue weighted by molar-refractivity contribution is -0.124. The lowest BCUT2D eigenvalue weighted by atomic mass is 9.80. The fraction of sp³-hybridized carbons (Fsp3) is 0.360. The van der Waals surface area contributed by atoms with E-state index < -0.39 is 5.54 Å². The number of benzene rings is 1. The third-order valence-corrected chi connectivity index (χ3v) is 5.85. The van der Waals surface area contributed by atoms with Gasteiger partial charge in [-0.3, -0.25) is 9.78 Å². The molecule has 0 spiro atoms. The zero-order chi connectivity index (χ0) is 23.7. The minimum atomic E-state index is -0.547. The van der Waals surface area contributed by atoms with Crippen LogP contribution in [-0.4, -0.2) is 33.2 Å². The molecule has 1 atom stereocenters. The standard InChI is InChI=1S/C25H25FN4O4/c1-15-3-6-18(9-20(15)26)33-14-23(31)29-25(2)10-17(11-25)24-28-22(30-34-24)13-32-19-7-8-21(27-12-19)16-4-5-16/h3,6-10,12,16H,4-5,11,13-14H2,1-2H3,(H,29,31). The number of rotatable bonds is 9. The van der Waals surface area contributed by atoms with Gasteiger partial charge in [-0.15, -0.1) is 0 Å². The second-order valence-corrected chi connectivity index (χ2v) is 9.01. The molecule has 2 aliphatic carbocycles. The number of pyridine rings is 1. The molecule has 34 heavy (non-hydrogen) atoms. The first-order valence-corrected chi connectivity index (χ1v) is 11.2. The summed E-state index contributed by atoms with van der Waals surface area (Å²) in [7, 11) is 0. The van der Waals surface area contributed by atoms with Crippen LogP contribution in [0.1, 0.15) is 55.1 Å². The Morgan fingerprint density at radius 2 is 2.03 bits per heavy atom. The molecule has 1 N–H and O–H groups in total. The first kappa shape index (κ1) is 22.1. The first-order valence-electron chi connectivity index (χ1n) is 11.2. The highest BCUT2D eigenvalue weighted by molar-refractivity contribution is 5.81. The molecule has 0 aliphatic heterocycles. The molecule has 5 rings (SSSR count). The number of aryl methyl sites for hydroxylation is 1. The first-order chi connectivity index (χ1) is 16.4. The number of nitrogens with zero attached hydrogens (tertiary/aromatic N) is 3. The lowest BCUT2D eigenvalue weighted by Crippen LogP contribution is -2.50. The number of hydrogen-bond acceptors (Lipinski definition) is 7. The minimum Gasteiger partial charge on any atom is -0.484 e. The Kier molecular flexibility index (Phi) is 5.77. The number of hydrogen-bond donors (Lipinski definition) is 1. The Labute approximate surface area is 196 Å². The van der Waals surface area contributed by atoms with Crippen LogP contribution in [0.15, 0.2) is 47.1 Å². The summed E-state index contributed by atoms with van der Waals surface area (Å²) in [5.41, 5.74) is 1.93. The Balaban J connectivity index is 1.10. The van der Waals surface area contributed by atoms with Gasteiger partial charge in [-0.2, -0.15) is 4.98 Å². The van der Waals surface area contributed by atoms with E-state index in [1.54, 1.807) is 25.3 Å². The predicted octanol–water partition coefficient (Wildman–Crippen LogP) is 4.11. The van der Waals surface area contributed by atoms with Gasteiger partial charge < -0.3 is 19.3 Å². The molecule has 9 heteroatoms. The van der Waals surface area contributed by atoms with Gasteiger partial charge in [0.2, 0.25) is 5.82 Å². The number of ether oxygens (including phenoxy) is 2. The fourth-order valence-corrected chi connectivity index (χ4v) is 3.82. The van der Waals surface area contributed by atoms with Gasteiger partial charge in [0.25, 0.3) is 11.8 Å². The molecule has 8 nitrogen and oxygen atoms in total. The molecular formula is C25H25FN4O4. The van der Waals surface area contributed by atoms with E-state index in [0.29, 0.717) is 41.1 Å². The molecule has 176 valence electrons. The fourth-order valence-electron chi connectivity index (χ4n) is 3.82. The summed E-state index contributed by atoms with van der Waals surface area (Å²) in [4.78, 5) is 21.1. The molecule has 1 fully saturated rings. The van der Waals surface area contributed by atoms with E-state index in [1.807, 2.05) is 25.1 Å². The topological polar surface area (TPSA) is 99.4 Å². The third kappa shape index (κ3) is 5.08. The summed E-state index contributed by atoms with van der Waals surface area (Å²) in [6.07, 6.45) is 6.54. The predicted molar refractivity (Wildman–Crippen MR) is 121 cm³/mol. The summed E-state index contributed by atoms with van der Waals surface area (Å²) < 4.78 is 30.0. The molecule has 2 aliphatic rings. The van der Waals surface area contributed by atoms with Gasteiger partial charge in [-0.05, 0) is 50.5 Å². The van der Waals surface area contributed by atoms with E-state index in [2.05, 4.69) is 20.4 Å². The number of amides is 1. The molecule has 2 heterocycles. The molecule has 1 amide bonds. The molecular weight excluding hydrogens is 439 g/mol. The number of nitrogens with one attached hydrogen (secondary N) is 1. The van der Waals surface area contributed by atoms with Crippen LogP contribution in [0.3, 0.4) is 0 Å². The maximum atomic E-state index is 13.6. The van der Waals surface area contributed by atoms with E-state index in [4.69, 9.17) is 14.0 Å². The molecule has 3 aromatic rings. The molecule has 0 radical (unpaired) electrons. The van der Waals surface area contributed by atoms with Crippen LogP contribution in [0.25, 0.3) is 5.57 Å². The zero-order valence-corrected chi connectivity index (χ0v) is 19.0. The van der Waals surface area contributed by atoms with Crippen molar-refractivity contribution in [1.82, 2.24) is 20.4 Å². The molecule has 0 saturated heterocycles. The van der Waals surface area contributed by atoms with E-state index in [9.17, 15) is 9.18 Å². The summed E-state index contributed by atoms with van der Waals surface area (Å²) in [6, 6.07) is 8.40. The smallest absolute Gasteiger partial charge is 0.258 e. The van der Waals surface area contributed by atoms with Crippen molar-refractivity contribution in [3.63, 3.8) is 0 Å². The second kappa shape index (κ2) is 8.89. The maximum absolute atomic E-state index is 13.6. The van der Waals surface area contributed by atoms with Crippen LogP contribution in [0.4, 0.5) is 4.39 Å². The highest BCUT2D eigenvalue weighted by Crippen LogP contribution is 2.39. The van der Waals surface area contributed by atoms with Crippen molar-refractivity contribution in [3.05, 3.63) is 71.4 Å². The minimum absolute atomic E-state index is 0.173. The maximum Gasteiger partial charge on any atom is 0.258 e. The number of carbonyl (C=O) groups excluding carboxylic acids is 1. The van der Waals surface area contributed by atoms with Crippen molar-refractivity contribution < 1.29 is 23.2 Å². The lowest BCUT2D eigenvalue weighted by Gasteiger charge is -2.35. The SMILES string of the molecule is Cc1ccc(OCC(=O)NC2(C)C=C(c3nc(COc4ccc(C5CC5)nc4)no3)C2)cc1F. The van der Waals surface area contributed by atoms with E-state index >= 15 is 0 Å². The van der Waals surface area contributed by atoms with E-state index in [1.165, 1.54) is 18.9 Å². The number of carbonyl (C=O) groups is 1. The van der Waals surface area contributed by atoms with E-state index in [-0.39, 0.29) is 24.9 Å². The summed E-state index contributed by atoms with van der Waals surface area (Å²) in [5.74, 6) is 1.72. The number of aromatic nitrogens is 3. The summed E-state index contributed by atoms with van der Waals surface area (Å²) in [6.45, 7) is 3.52. The van der Waals surface area contributed by atoms with Crippen molar-refractivity contribution in [2.24, 2.45) is 0 Å². The molecule has 1 aromatic carbocycles. The Morgan fingerprint density at radius 3 is 2.74 bits per heavy atom. The van der Waals surface area contributed by atoms with Crippen LogP contribution < -0.4 is 14.8 Å². The Morgan fingerprint density at radius 1 is 1.24 bits per heavy atom. The molecule has 0 bridgehead atoms. The largest absolute Gasteiger partial charge is 0.484 e. The van der Waals surface area contributed by atoms with Crippen LogP contribution >= 0.6 is 0 Å². The van der Waals surface area contributed by atoms with Gasteiger partial charge in [0.05, 0.1) is 11.7 Å². The average Bonchev–Trinajstić information content (AvgIpc) is 3.55. The Hall–Kier alpha value is -3.75. The van der Waals surface area contributed by atoms with Crippen molar-refractivity contribution in [2.45, 2.75) is 51.2 Å². The third-order valence-electron chi connectivity index (χ3n) is 5.85. The number of halogens is 1. The highest BCUT2D eigenvalue weighted by atomic mass is 19.1. The van der Waals surface area contributed by atoms with Crippen LogP contribution in [-0.2, 0) is 11.4 Å². The van der Waals surface area contributed by atoms with Crippen molar-refractivity contribution in [3.8, 4) is 11.5 Å². The van der Waals surface area contributed by atoms with E-state index in [0.717, 1.165) is 11.3 Å². The normalized spacial score (nSPS) is 19.2. The zero-order valence-electron chi connectivity index (χ0n) is 19.0. The van der Waals surface area contributed by atoms with Crippen LogP contribution in [0.5, 0.6) is 11.5 Å². The van der Waals surface area contributed by atoms with Gasteiger partial charge in [0.1, 0.15) is 17.3 Å². The van der Waals surface area contributed by atoms with Crippen molar-refractivity contribution in [2.75, 3.05) is 6.61 Å². The van der Waals surface area contributed by atoms with Crippen LogP contribution in [0.2, 0.25) is 0 Å². The van der Waals surface area contributed by atoms with Gasteiger partial charge in [-0.25, -0.2) is 4.39 Å². The Bertz CT molecular complexity index is 1240. The molecule has 2 aromatic heterocycles. The van der Waals surface area contributed by atoms with Gasteiger partial charge in [-0.1, -0.05) is 17.3 Å². The van der Waals surface area contributed by atoms with Gasteiger partial charge >= 0.3 is 0 Å². The monoisotopic (exact) mass is 464 g/mol. The highest BCUT2D eigenvalue weighted by Gasteiger charge is 2.36. The average molecular weight is 464 g/mol. The quantitative estimate of drug-likeness (QED) is 0.509. The molecule has 1 saturated carbocycles.